The van der Waals surface area contributed by atoms with Crippen molar-refractivity contribution in [2.24, 2.45) is 0 Å². The molecule has 1 aromatic rings. The Morgan fingerprint density at radius 1 is 1.18 bits per heavy atom. The van der Waals surface area contributed by atoms with Crippen LogP contribution in [-0.2, 0) is 9.53 Å². The number of carbonyl (C=O) groups excluding carboxylic acids is 1. The lowest BCUT2D eigenvalue weighted by Crippen LogP contribution is -2.38. The highest BCUT2D eigenvalue weighted by Gasteiger charge is 2.12. The average molecular weight is 305 g/mol. The molecule has 0 saturated carbocycles. The van der Waals surface area contributed by atoms with Gasteiger partial charge >= 0.3 is 0 Å². The summed E-state index contributed by atoms with van der Waals surface area (Å²) in [4.78, 5) is 16.6. The van der Waals surface area contributed by atoms with Crippen molar-refractivity contribution in [3.05, 3.63) is 24.3 Å². The van der Waals surface area contributed by atoms with Crippen LogP contribution < -0.4 is 10.2 Å². The second kappa shape index (κ2) is 8.76. The minimum atomic E-state index is 0.0714. The first-order valence-corrected chi connectivity index (χ1v) is 8.18. The maximum Gasteiger partial charge on any atom is 0.225 e. The van der Waals surface area contributed by atoms with Crippen LogP contribution in [0.25, 0.3) is 0 Å². The lowest BCUT2D eigenvalue weighted by molar-refractivity contribution is -0.116. The Balaban J connectivity index is 1.78. The number of amides is 1. The van der Waals surface area contributed by atoms with Crippen molar-refractivity contribution in [3.63, 3.8) is 0 Å². The van der Waals surface area contributed by atoms with E-state index in [1.807, 2.05) is 12.1 Å². The molecule has 22 heavy (non-hydrogen) atoms. The minimum Gasteiger partial charge on any atom is -0.379 e. The van der Waals surface area contributed by atoms with E-state index in [1.54, 1.807) is 0 Å². The van der Waals surface area contributed by atoms with Crippen LogP contribution in [-0.4, -0.2) is 56.7 Å². The third-order valence-electron chi connectivity index (χ3n) is 4.04. The monoisotopic (exact) mass is 305 g/mol. The summed E-state index contributed by atoms with van der Waals surface area (Å²) in [6.07, 6.45) is 0.526. The van der Waals surface area contributed by atoms with Crippen LogP contribution in [0.15, 0.2) is 24.3 Å². The molecule has 1 amide bonds. The number of rotatable bonds is 7. The number of ether oxygens (including phenoxy) is 1. The molecule has 0 spiro atoms. The van der Waals surface area contributed by atoms with Crippen molar-refractivity contribution < 1.29 is 9.53 Å². The molecular formula is C17H27N3O2. The molecule has 0 aromatic heterocycles. The average Bonchev–Trinajstić information content (AvgIpc) is 2.56. The van der Waals surface area contributed by atoms with Gasteiger partial charge in [0.2, 0.25) is 5.91 Å². The van der Waals surface area contributed by atoms with Gasteiger partial charge in [-0.1, -0.05) is 0 Å². The summed E-state index contributed by atoms with van der Waals surface area (Å²) < 4.78 is 5.30. The molecule has 0 bridgehead atoms. The highest BCUT2D eigenvalue weighted by molar-refractivity contribution is 5.91. The zero-order chi connectivity index (χ0) is 15.8. The van der Waals surface area contributed by atoms with Gasteiger partial charge in [0.25, 0.3) is 0 Å². The molecule has 5 heteroatoms. The zero-order valence-electron chi connectivity index (χ0n) is 13.7. The van der Waals surface area contributed by atoms with E-state index in [2.05, 4.69) is 41.1 Å². The SMILES string of the molecule is CCN(CC)c1ccc(NC(=O)CCN2CCOCC2)cc1. The van der Waals surface area contributed by atoms with Gasteiger partial charge in [-0.2, -0.15) is 0 Å². The Hall–Kier alpha value is -1.59. The summed E-state index contributed by atoms with van der Waals surface area (Å²) in [5.74, 6) is 0.0714. The van der Waals surface area contributed by atoms with Crippen LogP contribution in [0.2, 0.25) is 0 Å². The second-order valence-electron chi connectivity index (χ2n) is 5.47. The van der Waals surface area contributed by atoms with Crippen molar-refractivity contribution in [2.45, 2.75) is 20.3 Å². The first-order chi connectivity index (χ1) is 10.7. The number of hydrogen-bond acceptors (Lipinski definition) is 4. The third kappa shape index (κ3) is 5.00. The maximum absolute atomic E-state index is 12.0. The molecule has 0 unspecified atom stereocenters. The molecule has 1 N–H and O–H groups in total. The normalized spacial score (nSPS) is 15.5. The quantitative estimate of drug-likeness (QED) is 0.839. The molecule has 2 rings (SSSR count). The lowest BCUT2D eigenvalue weighted by atomic mass is 10.2. The smallest absolute Gasteiger partial charge is 0.225 e. The number of benzene rings is 1. The molecule has 1 aliphatic heterocycles. The molecule has 0 atom stereocenters. The van der Waals surface area contributed by atoms with Crippen molar-refractivity contribution in [1.82, 2.24) is 4.90 Å². The molecule has 1 aliphatic rings. The summed E-state index contributed by atoms with van der Waals surface area (Å²) >= 11 is 0. The Labute approximate surface area is 133 Å². The van der Waals surface area contributed by atoms with Crippen molar-refractivity contribution >= 4 is 17.3 Å². The topological polar surface area (TPSA) is 44.8 Å². The van der Waals surface area contributed by atoms with Gasteiger partial charge < -0.3 is 15.0 Å². The van der Waals surface area contributed by atoms with Gasteiger partial charge in [0.1, 0.15) is 0 Å². The molecule has 1 aromatic carbocycles. The van der Waals surface area contributed by atoms with Crippen molar-refractivity contribution in [1.29, 1.82) is 0 Å². The first kappa shape index (κ1) is 16.8. The van der Waals surface area contributed by atoms with E-state index in [9.17, 15) is 4.79 Å². The molecule has 5 nitrogen and oxygen atoms in total. The van der Waals surface area contributed by atoms with E-state index < -0.39 is 0 Å². The predicted molar refractivity (Wildman–Crippen MR) is 90.5 cm³/mol. The van der Waals surface area contributed by atoms with E-state index in [1.165, 1.54) is 5.69 Å². The fourth-order valence-electron chi connectivity index (χ4n) is 2.65. The molecule has 0 radical (unpaired) electrons. The van der Waals surface area contributed by atoms with E-state index in [0.717, 1.165) is 51.6 Å². The predicted octanol–water partition coefficient (Wildman–Crippen LogP) is 2.19. The van der Waals surface area contributed by atoms with Gasteiger partial charge in [-0.05, 0) is 38.1 Å². The molecule has 1 fully saturated rings. The fourth-order valence-corrected chi connectivity index (χ4v) is 2.65. The Morgan fingerprint density at radius 2 is 1.82 bits per heavy atom. The lowest BCUT2D eigenvalue weighted by Gasteiger charge is -2.26. The Kier molecular flexibility index (Phi) is 6.68. The molecule has 0 aliphatic carbocycles. The van der Waals surface area contributed by atoms with E-state index in [0.29, 0.717) is 6.42 Å². The number of anilines is 2. The number of nitrogens with one attached hydrogen (secondary N) is 1. The number of nitrogens with zero attached hydrogens (tertiary/aromatic N) is 2. The highest BCUT2D eigenvalue weighted by Crippen LogP contribution is 2.17. The zero-order valence-corrected chi connectivity index (χ0v) is 13.7. The van der Waals surface area contributed by atoms with Crippen LogP contribution in [0.3, 0.4) is 0 Å². The van der Waals surface area contributed by atoms with Crippen molar-refractivity contribution in [2.75, 3.05) is 56.2 Å². The first-order valence-electron chi connectivity index (χ1n) is 8.18. The standard InChI is InChI=1S/C17H27N3O2/c1-3-20(4-2)16-7-5-15(6-8-16)18-17(21)9-10-19-11-13-22-14-12-19/h5-8H,3-4,9-14H2,1-2H3,(H,18,21). The largest absolute Gasteiger partial charge is 0.379 e. The van der Waals surface area contributed by atoms with Gasteiger partial charge in [0, 0.05) is 50.5 Å². The van der Waals surface area contributed by atoms with Gasteiger partial charge in [0.15, 0.2) is 0 Å². The molecule has 1 saturated heterocycles. The summed E-state index contributed by atoms with van der Waals surface area (Å²) in [6.45, 7) is 10.5. The molecule has 122 valence electrons. The summed E-state index contributed by atoms with van der Waals surface area (Å²) in [7, 11) is 0. The van der Waals surface area contributed by atoms with Crippen molar-refractivity contribution in [3.8, 4) is 0 Å². The van der Waals surface area contributed by atoms with Crippen LogP contribution in [0.5, 0.6) is 0 Å². The molecule has 1 heterocycles. The van der Waals surface area contributed by atoms with E-state index in [-0.39, 0.29) is 5.91 Å². The summed E-state index contributed by atoms with van der Waals surface area (Å²) in [5.41, 5.74) is 2.05. The van der Waals surface area contributed by atoms with E-state index >= 15 is 0 Å². The molecular weight excluding hydrogens is 278 g/mol. The van der Waals surface area contributed by atoms with Gasteiger partial charge in [0.05, 0.1) is 13.2 Å². The van der Waals surface area contributed by atoms with E-state index in [4.69, 9.17) is 4.74 Å². The number of morpholine rings is 1. The fraction of sp³-hybridized carbons (Fsp3) is 0.588. The van der Waals surface area contributed by atoms with Gasteiger partial charge in [-0.25, -0.2) is 0 Å². The maximum atomic E-state index is 12.0. The number of hydrogen-bond donors (Lipinski definition) is 1. The van der Waals surface area contributed by atoms with Crippen LogP contribution in [0.4, 0.5) is 11.4 Å². The third-order valence-corrected chi connectivity index (χ3v) is 4.04. The summed E-state index contributed by atoms with van der Waals surface area (Å²) in [5, 5.41) is 2.97. The second-order valence-corrected chi connectivity index (χ2v) is 5.47. The summed E-state index contributed by atoms with van der Waals surface area (Å²) in [6, 6.07) is 8.07. The minimum absolute atomic E-state index is 0.0714. The van der Waals surface area contributed by atoms with Gasteiger partial charge in [-0.3, -0.25) is 9.69 Å². The van der Waals surface area contributed by atoms with Crippen LogP contribution in [0.1, 0.15) is 20.3 Å². The number of carbonyl (C=O) groups is 1. The Bertz CT molecular complexity index is 451. The van der Waals surface area contributed by atoms with Crippen LogP contribution >= 0.6 is 0 Å². The van der Waals surface area contributed by atoms with Gasteiger partial charge in [-0.15, -0.1) is 0 Å². The Morgan fingerprint density at radius 3 is 2.41 bits per heavy atom. The van der Waals surface area contributed by atoms with Crippen LogP contribution in [0, 0.1) is 0 Å². The highest BCUT2D eigenvalue weighted by atomic mass is 16.5.